The minimum absolute atomic E-state index is 0.362. The van der Waals surface area contributed by atoms with Crippen LogP contribution < -0.4 is 10.7 Å². The number of hydrazine groups is 1. The molecule has 17 heavy (non-hydrogen) atoms. The van der Waals surface area contributed by atoms with Crippen LogP contribution in [0.1, 0.15) is 27.7 Å². The smallest absolute Gasteiger partial charge is 0.409 e. The average Bonchev–Trinajstić information content (AvgIpc) is 2.42. The van der Waals surface area contributed by atoms with Gasteiger partial charge in [0.15, 0.2) is 0 Å². The number of likely N-dealkylation sites (N-methyl/N-ethyl adjacent to an activating group) is 1. The summed E-state index contributed by atoms with van der Waals surface area (Å²) in [5, 5.41) is 13.8. The van der Waals surface area contributed by atoms with E-state index in [1.54, 1.807) is 45.8 Å². The van der Waals surface area contributed by atoms with Crippen LogP contribution in [0, 0.1) is 0 Å². The van der Waals surface area contributed by atoms with Crippen molar-refractivity contribution in [3.05, 3.63) is 11.8 Å². The first-order valence-electron chi connectivity index (χ1n) is 5.58. The van der Waals surface area contributed by atoms with E-state index in [1.165, 1.54) is 0 Å². The molecule has 0 saturated heterocycles. The molecular formula is C11H21N3O3. The fraction of sp³-hybridized carbons (Fsp3) is 0.727. The van der Waals surface area contributed by atoms with E-state index in [-0.39, 0.29) is 6.17 Å². The summed E-state index contributed by atoms with van der Waals surface area (Å²) in [5.74, 6) is 0. The van der Waals surface area contributed by atoms with E-state index in [0.717, 1.165) is 0 Å². The highest BCUT2D eigenvalue weighted by Gasteiger charge is 2.25. The summed E-state index contributed by atoms with van der Waals surface area (Å²) in [5.41, 5.74) is 3.16. The van der Waals surface area contributed by atoms with E-state index < -0.39 is 17.8 Å². The van der Waals surface area contributed by atoms with Crippen molar-refractivity contribution in [3.63, 3.8) is 0 Å². The monoisotopic (exact) mass is 243 g/mol. The predicted octanol–water partition coefficient (Wildman–Crippen LogP) is 0.552. The zero-order chi connectivity index (χ0) is 13.2. The standard InChI is InChI=1S/C11H21N3O3/c1-7(15)8-6-9(13-14(8)5)12-10(16)17-11(2,3)4/h6-7,9,13,15H,1-5H3,(H,12,16). The normalized spacial score (nSPS) is 22.1. The van der Waals surface area contributed by atoms with Gasteiger partial charge in [-0.3, -0.25) is 0 Å². The first-order valence-corrected chi connectivity index (χ1v) is 5.58. The van der Waals surface area contributed by atoms with Gasteiger partial charge in [0.25, 0.3) is 0 Å². The number of amides is 1. The molecule has 3 N–H and O–H groups in total. The maximum absolute atomic E-state index is 11.5. The van der Waals surface area contributed by atoms with Crippen LogP contribution in [-0.2, 0) is 4.74 Å². The van der Waals surface area contributed by atoms with E-state index in [4.69, 9.17) is 4.74 Å². The molecule has 1 heterocycles. The van der Waals surface area contributed by atoms with E-state index in [0.29, 0.717) is 5.70 Å². The number of ether oxygens (including phenoxy) is 1. The van der Waals surface area contributed by atoms with Crippen LogP contribution in [0.3, 0.4) is 0 Å². The van der Waals surface area contributed by atoms with Gasteiger partial charge < -0.3 is 20.2 Å². The van der Waals surface area contributed by atoms with Crippen molar-refractivity contribution < 1.29 is 14.6 Å². The maximum Gasteiger partial charge on any atom is 0.409 e. The second-order valence-electron chi connectivity index (χ2n) is 5.08. The van der Waals surface area contributed by atoms with Crippen molar-refractivity contribution in [2.45, 2.75) is 45.6 Å². The van der Waals surface area contributed by atoms with E-state index >= 15 is 0 Å². The summed E-state index contributed by atoms with van der Waals surface area (Å²) in [7, 11) is 1.77. The van der Waals surface area contributed by atoms with Gasteiger partial charge in [0, 0.05) is 7.05 Å². The predicted molar refractivity (Wildman–Crippen MR) is 63.8 cm³/mol. The van der Waals surface area contributed by atoms with Gasteiger partial charge in [-0.1, -0.05) is 0 Å². The largest absolute Gasteiger partial charge is 0.444 e. The molecule has 1 amide bonds. The molecule has 0 fully saturated rings. The molecule has 1 aliphatic rings. The van der Waals surface area contributed by atoms with Gasteiger partial charge >= 0.3 is 6.09 Å². The van der Waals surface area contributed by atoms with Crippen LogP contribution in [0.15, 0.2) is 11.8 Å². The highest BCUT2D eigenvalue weighted by Crippen LogP contribution is 2.13. The van der Waals surface area contributed by atoms with E-state index in [2.05, 4.69) is 10.7 Å². The Morgan fingerprint density at radius 3 is 2.65 bits per heavy atom. The lowest BCUT2D eigenvalue weighted by atomic mass is 10.2. The molecule has 0 bridgehead atoms. The number of hydrogen-bond donors (Lipinski definition) is 3. The molecule has 0 aliphatic carbocycles. The first-order chi connectivity index (χ1) is 7.69. The third-order valence-electron chi connectivity index (χ3n) is 2.16. The fourth-order valence-corrected chi connectivity index (χ4v) is 1.53. The van der Waals surface area contributed by atoms with E-state index in [9.17, 15) is 9.90 Å². The summed E-state index contributed by atoms with van der Waals surface area (Å²) in [4.78, 5) is 11.5. The minimum Gasteiger partial charge on any atom is -0.444 e. The Bertz CT molecular complexity index is 320. The molecular weight excluding hydrogens is 222 g/mol. The Hall–Kier alpha value is -1.27. The van der Waals surface area contributed by atoms with Crippen LogP contribution >= 0.6 is 0 Å². The van der Waals surface area contributed by atoms with Crippen LogP contribution in [-0.4, -0.2) is 41.1 Å². The number of nitrogens with zero attached hydrogens (tertiary/aromatic N) is 1. The lowest BCUT2D eigenvalue weighted by Crippen LogP contribution is -2.47. The molecule has 2 unspecified atom stereocenters. The number of carbonyl (C=O) groups is 1. The molecule has 0 aromatic heterocycles. The quantitative estimate of drug-likeness (QED) is 0.660. The Balaban J connectivity index is 2.52. The maximum atomic E-state index is 11.5. The lowest BCUT2D eigenvalue weighted by molar-refractivity contribution is 0.0496. The van der Waals surface area contributed by atoms with Gasteiger partial charge in [0.05, 0.1) is 11.8 Å². The third-order valence-corrected chi connectivity index (χ3v) is 2.16. The molecule has 6 heteroatoms. The Morgan fingerprint density at radius 1 is 1.65 bits per heavy atom. The zero-order valence-corrected chi connectivity index (χ0v) is 10.9. The number of carbonyl (C=O) groups excluding carboxylic acids is 1. The highest BCUT2D eigenvalue weighted by molar-refractivity contribution is 5.68. The highest BCUT2D eigenvalue weighted by atomic mass is 16.6. The molecule has 1 rings (SSSR count). The molecule has 98 valence electrons. The second kappa shape index (κ2) is 4.93. The van der Waals surface area contributed by atoms with Crippen molar-refractivity contribution in [1.82, 2.24) is 15.8 Å². The minimum atomic E-state index is -0.585. The van der Waals surface area contributed by atoms with Crippen molar-refractivity contribution >= 4 is 6.09 Å². The number of rotatable bonds is 2. The third kappa shape index (κ3) is 4.24. The van der Waals surface area contributed by atoms with Crippen molar-refractivity contribution in [1.29, 1.82) is 0 Å². The lowest BCUT2D eigenvalue weighted by Gasteiger charge is -2.23. The Labute approximate surface area is 102 Å². The summed E-state index contributed by atoms with van der Waals surface area (Å²) < 4.78 is 5.13. The molecule has 0 aromatic rings. The van der Waals surface area contributed by atoms with Crippen molar-refractivity contribution in [3.8, 4) is 0 Å². The molecule has 0 spiro atoms. The summed E-state index contributed by atoms with van der Waals surface area (Å²) in [6.07, 6.45) is 0.304. The summed E-state index contributed by atoms with van der Waals surface area (Å²) in [6, 6.07) is 0. The number of nitrogens with one attached hydrogen (secondary N) is 2. The summed E-state index contributed by atoms with van der Waals surface area (Å²) in [6.45, 7) is 7.08. The number of alkyl carbamates (subject to hydrolysis) is 1. The number of aliphatic hydroxyl groups is 1. The molecule has 6 nitrogen and oxygen atoms in total. The Kier molecular flexibility index (Phi) is 4.00. The van der Waals surface area contributed by atoms with Crippen molar-refractivity contribution in [2.24, 2.45) is 0 Å². The van der Waals surface area contributed by atoms with E-state index in [1.807, 2.05) is 0 Å². The fourth-order valence-electron chi connectivity index (χ4n) is 1.53. The van der Waals surface area contributed by atoms with Gasteiger partial charge in [-0.05, 0) is 33.8 Å². The second-order valence-corrected chi connectivity index (χ2v) is 5.08. The van der Waals surface area contributed by atoms with Crippen LogP contribution in [0.5, 0.6) is 0 Å². The number of aliphatic hydroxyl groups excluding tert-OH is 1. The molecule has 1 aliphatic heterocycles. The van der Waals surface area contributed by atoms with Gasteiger partial charge in [-0.15, -0.1) is 0 Å². The van der Waals surface area contributed by atoms with Gasteiger partial charge in [-0.25, -0.2) is 10.2 Å². The summed E-state index contributed by atoms with van der Waals surface area (Å²) >= 11 is 0. The van der Waals surface area contributed by atoms with Crippen LogP contribution in [0.25, 0.3) is 0 Å². The molecule has 0 radical (unpaired) electrons. The average molecular weight is 243 g/mol. The van der Waals surface area contributed by atoms with Gasteiger partial charge in [0.2, 0.25) is 0 Å². The van der Waals surface area contributed by atoms with Crippen LogP contribution in [0.4, 0.5) is 4.79 Å². The SMILES string of the molecule is CC(O)C1=CC(NC(=O)OC(C)(C)C)NN1C. The Morgan fingerprint density at radius 2 is 2.24 bits per heavy atom. The topological polar surface area (TPSA) is 73.8 Å². The molecule has 0 saturated carbocycles. The molecule has 2 atom stereocenters. The van der Waals surface area contributed by atoms with Crippen LogP contribution in [0.2, 0.25) is 0 Å². The van der Waals surface area contributed by atoms with Gasteiger partial charge in [0.1, 0.15) is 11.8 Å². The number of hydrogen-bond acceptors (Lipinski definition) is 5. The van der Waals surface area contributed by atoms with Gasteiger partial charge in [-0.2, -0.15) is 0 Å². The first kappa shape index (κ1) is 13.8. The van der Waals surface area contributed by atoms with Crippen molar-refractivity contribution in [2.75, 3.05) is 7.05 Å². The molecule has 0 aromatic carbocycles. The zero-order valence-electron chi connectivity index (χ0n) is 10.9.